The van der Waals surface area contributed by atoms with Crippen molar-refractivity contribution in [1.82, 2.24) is 0 Å². The molecule has 4 heteroatoms. The van der Waals surface area contributed by atoms with Crippen LogP contribution in [0.3, 0.4) is 0 Å². The summed E-state index contributed by atoms with van der Waals surface area (Å²) in [5, 5.41) is 0. The zero-order valence-corrected chi connectivity index (χ0v) is 18.4. The summed E-state index contributed by atoms with van der Waals surface area (Å²) in [7, 11) is 0. The van der Waals surface area contributed by atoms with E-state index in [-0.39, 0.29) is 23.5 Å². The van der Waals surface area contributed by atoms with Gasteiger partial charge in [0.05, 0.1) is 5.57 Å². The van der Waals surface area contributed by atoms with Gasteiger partial charge in [-0.3, -0.25) is 14.4 Å². The molecule has 30 heavy (non-hydrogen) atoms. The average molecular weight is 411 g/mol. The van der Waals surface area contributed by atoms with Gasteiger partial charge in [-0.1, -0.05) is 95.2 Å². The van der Waals surface area contributed by atoms with Crippen molar-refractivity contribution in [1.29, 1.82) is 0 Å². The molecule has 0 fully saturated rings. The summed E-state index contributed by atoms with van der Waals surface area (Å²) in [6.45, 7) is 4.09. The van der Waals surface area contributed by atoms with Crippen molar-refractivity contribution in [3.8, 4) is 0 Å². The molecule has 1 aromatic rings. The second kappa shape index (κ2) is 12.9. The fraction of sp³-hybridized carbons (Fsp3) is 0.500. The highest BCUT2D eigenvalue weighted by Crippen LogP contribution is 2.28. The fourth-order valence-corrected chi connectivity index (χ4v) is 3.59. The lowest BCUT2D eigenvalue weighted by Crippen LogP contribution is -2.24. The van der Waals surface area contributed by atoms with Crippen LogP contribution >= 0.6 is 0 Å². The largest absolute Gasteiger partial charge is 0.421 e. The molecule has 0 heterocycles. The highest BCUT2D eigenvalue weighted by molar-refractivity contribution is 6.27. The van der Waals surface area contributed by atoms with Crippen LogP contribution in [-0.2, 0) is 9.53 Å². The summed E-state index contributed by atoms with van der Waals surface area (Å²) in [6, 6.07) is 6.69. The summed E-state index contributed by atoms with van der Waals surface area (Å²) in [4.78, 5) is 37.8. The maximum atomic E-state index is 13.0. The van der Waals surface area contributed by atoms with Crippen molar-refractivity contribution in [2.45, 2.75) is 84.5 Å². The van der Waals surface area contributed by atoms with E-state index in [1.54, 1.807) is 30.3 Å². The first-order chi connectivity index (χ1) is 14.6. The lowest BCUT2D eigenvalue weighted by atomic mass is 9.87. The van der Waals surface area contributed by atoms with Crippen molar-refractivity contribution in [2.24, 2.45) is 0 Å². The van der Waals surface area contributed by atoms with Crippen molar-refractivity contribution < 1.29 is 19.1 Å². The molecule has 4 nitrogen and oxygen atoms in total. The number of ether oxygens (including phenoxy) is 1. The number of Topliss-reactive ketones (excluding diaryl/α,β-unsaturated/α-hetero) is 2. The van der Waals surface area contributed by atoms with Gasteiger partial charge in [0.25, 0.3) is 0 Å². The summed E-state index contributed by atoms with van der Waals surface area (Å²) in [6.07, 6.45) is 15.1. The van der Waals surface area contributed by atoms with Gasteiger partial charge in [-0.2, -0.15) is 0 Å². The zero-order valence-electron chi connectivity index (χ0n) is 18.4. The lowest BCUT2D eigenvalue weighted by molar-refractivity contribution is -0.139. The number of allylic oxidation sites excluding steroid dienone is 4. The number of rotatable bonds is 13. The number of benzene rings is 1. The Morgan fingerprint density at radius 1 is 0.833 bits per heavy atom. The molecule has 0 unspecified atom stereocenters. The maximum absolute atomic E-state index is 13.0. The van der Waals surface area contributed by atoms with Crippen molar-refractivity contribution >= 4 is 17.5 Å². The Kier molecular flexibility index (Phi) is 10.3. The van der Waals surface area contributed by atoms with Gasteiger partial charge in [0, 0.05) is 17.5 Å². The Balaban J connectivity index is 2.01. The molecular weight excluding hydrogens is 376 g/mol. The molecule has 0 N–H and O–H groups in total. The van der Waals surface area contributed by atoms with E-state index in [9.17, 15) is 14.4 Å². The first-order valence-corrected chi connectivity index (χ1v) is 11.4. The van der Waals surface area contributed by atoms with Crippen molar-refractivity contribution in [3.63, 3.8) is 0 Å². The number of esters is 1. The molecule has 1 aliphatic carbocycles. The molecule has 2 rings (SSSR count). The second-order valence-electron chi connectivity index (χ2n) is 7.84. The predicted octanol–water partition coefficient (Wildman–Crippen LogP) is 6.75. The molecule has 0 amide bonds. The van der Waals surface area contributed by atoms with Crippen molar-refractivity contribution in [2.75, 3.05) is 0 Å². The molecule has 162 valence electrons. The summed E-state index contributed by atoms with van der Waals surface area (Å²) < 4.78 is 5.35. The van der Waals surface area contributed by atoms with Gasteiger partial charge in [0.15, 0.2) is 11.5 Å². The van der Waals surface area contributed by atoms with Crippen LogP contribution in [0, 0.1) is 0 Å². The number of carbonyl (C=O) groups is 3. The third kappa shape index (κ3) is 6.79. The molecule has 0 radical (unpaired) electrons. The SMILES string of the molecule is CCCCCCCCCCC=CC1=C(OC(=O)CCC)C(=O)c2ccccc2C1=O. The summed E-state index contributed by atoms with van der Waals surface area (Å²) in [5.41, 5.74) is 0.842. The Morgan fingerprint density at radius 3 is 2.07 bits per heavy atom. The van der Waals surface area contributed by atoms with Gasteiger partial charge in [-0.25, -0.2) is 0 Å². The Bertz CT molecular complexity index is 801. The number of carbonyl (C=O) groups excluding carboxylic acids is 3. The number of unbranched alkanes of at least 4 members (excludes halogenated alkanes) is 8. The molecule has 0 aromatic heterocycles. The van der Waals surface area contributed by atoms with Gasteiger partial charge in [0.1, 0.15) is 0 Å². The molecule has 0 aliphatic heterocycles. The molecule has 1 aromatic carbocycles. The van der Waals surface area contributed by atoms with Crippen LogP contribution < -0.4 is 0 Å². The monoisotopic (exact) mass is 410 g/mol. The third-order valence-electron chi connectivity index (χ3n) is 5.29. The zero-order chi connectivity index (χ0) is 21.8. The number of hydrogen-bond donors (Lipinski definition) is 0. The Labute approximate surface area is 180 Å². The first-order valence-electron chi connectivity index (χ1n) is 11.4. The minimum absolute atomic E-state index is 0.135. The lowest BCUT2D eigenvalue weighted by Gasteiger charge is -2.18. The molecule has 0 spiro atoms. The maximum Gasteiger partial charge on any atom is 0.311 e. The van der Waals surface area contributed by atoms with E-state index in [1.165, 1.54) is 38.5 Å². The first kappa shape index (κ1) is 23.8. The summed E-state index contributed by atoms with van der Waals surface area (Å²) >= 11 is 0. The average Bonchev–Trinajstić information content (AvgIpc) is 2.75. The topological polar surface area (TPSA) is 60.4 Å². The summed E-state index contributed by atoms with van der Waals surface area (Å²) in [5.74, 6) is -1.29. The van der Waals surface area contributed by atoms with Crippen LogP contribution in [0.15, 0.2) is 47.7 Å². The van der Waals surface area contributed by atoms with Crippen molar-refractivity contribution in [3.05, 3.63) is 58.9 Å². The van der Waals surface area contributed by atoms with Crippen LogP contribution in [0.4, 0.5) is 0 Å². The van der Waals surface area contributed by atoms with E-state index in [1.807, 2.05) is 13.0 Å². The molecule has 0 atom stereocenters. The Hall–Kier alpha value is -2.49. The smallest absolute Gasteiger partial charge is 0.311 e. The number of fused-ring (bicyclic) bond motifs is 1. The van der Waals surface area contributed by atoms with E-state index < -0.39 is 11.8 Å². The highest BCUT2D eigenvalue weighted by atomic mass is 16.5. The van der Waals surface area contributed by atoms with E-state index >= 15 is 0 Å². The minimum atomic E-state index is -0.484. The third-order valence-corrected chi connectivity index (χ3v) is 5.29. The highest BCUT2D eigenvalue weighted by Gasteiger charge is 2.33. The second-order valence-corrected chi connectivity index (χ2v) is 7.84. The van der Waals surface area contributed by atoms with Gasteiger partial charge in [-0.05, 0) is 19.3 Å². The van der Waals surface area contributed by atoms with Gasteiger partial charge >= 0.3 is 5.97 Å². The van der Waals surface area contributed by atoms with Crippen LogP contribution in [0.1, 0.15) is 105 Å². The molecule has 0 saturated heterocycles. The Morgan fingerprint density at radius 2 is 1.43 bits per heavy atom. The minimum Gasteiger partial charge on any atom is -0.421 e. The van der Waals surface area contributed by atoms with E-state index in [4.69, 9.17) is 4.74 Å². The predicted molar refractivity (Wildman–Crippen MR) is 119 cm³/mol. The molecular formula is C26H34O4. The quantitative estimate of drug-likeness (QED) is 0.266. The van der Waals surface area contributed by atoms with Gasteiger partial charge in [-0.15, -0.1) is 0 Å². The fourth-order valence-electron chi connectivity index (χ4n) is 3.59. The van der Waals surface area contributed by atoms with Gasteiger partial charge in [0.2, 0.25) is 5.78 Å². The van der Waals surface area contributed by atoms with Gasteiger partial charge < -0.3 is 4.74 Å². The standard InChI is InChI=1S/C26H34O4/c1-3-5-6-7-8-9-10-11-12-13-19-22-24(28)20-17-14-15-18-21(20)25(29)26(22)30-23(27)16-4-2/h13-15,17-19H,3-12,16H2,1-2H3. The van der Waals surface area contributed by atoms with Crippen LogP contribution in [0.5, 0.6) is 0 Å². The van der Waals surface area contributed by atoms with E-state index in [0.717, 1.165) is 19.3 Å². The van der Waals surface area contributed by atoms with Crippen LogP contribution in [0.25, 0.3) is 0 Å². The van der Waals surface area contributed by atoms with Crippen LogP contribution in [-0.4, -0.2) is 17.5 Å². The van der Waals surface area contributed by atoms with E-state index in [0.29, 0.717) is 17.5 Å². The normalized spacial score (nSPS) is 13.8. The van der Waals surface area contributed by atoms with E-state index in [2.05, 4.69) is 6.92 Å². The molecule has 0 saturated carbocycles. The van der Waals surface area contributed by atoms with Crippen LogP contribution in [0.2, 0.25) is 0 Å². The number of ketones is 2. The number of hydrogen-bond acceptors (Lipinski definition) is 4. The molecule has 1 aliphatic rings. The molecule has 0 bridgehead atoms.